The SMILES string of the molecule is CC(C)CC(=O)NCCn1ccnc1-c1ccccn1. The first-order valence-corrected chi connectivity index (χ1v) is 6.86. The minimum atomic E-state index is 0.0968. The lowest BCUT2D eigenvalue weighted by Gasteiger charge is -2.09. The first kappa shape index (κ1) is 14.2. The Bertz CT molecular complexity index is 548. The molecular weight excluding hydrogens is 252 g/mol. The molecule has 0 unspecified atom stereocenters. The van der Waals surface area contributed by atoms with Crippen LogP contribution >= 0.6 is 0 Å². The van der Waals surface area contributed by atoms with E-state index >= 15 is 0 Å². The van der Waals surface area contributed by atoms with Crippen molar-refractivity contribution in [3.8, 4) is 11.5 Å². The molecule has 5 heteroatoms. The lowest BCUT2D eigenvalue weighted by molar-refractivity contribution is -0.121. The van der Waals surface area contributed by atoms with E-state index in [2.05, 4.69) is 15.3 Å². The molecule has 0 atom stereocenters. The number of nitrogens with one attached hydrogen (secondary N) is 1. The molecule has 0 aliphatic heterocycles. The number of hydrogen-bond acceptors (Lipinski definition) is 3. The number of nitrogens with zero attached hydrogens (tertiary/aromatic N) is 3. The van der Waals surface area contributed by atoms with Gasteiger partial charge in [-0.25, -0.2) is 4.98 Å². The Morgan fingerprint density at radius 3 is 2.85 bits per heavy atom. The molecule has 2 rings (SSSR count). The molecule has 0 aliphatic rings. The maximum Gasteiger partial charge on any atom is 0.220 e. The van der Waals surface area contributed by atoms with Gasteiger partial charge in [-0.1, -0.05) is 19.9 Å². The Kier molecular flexibility index (Phi) is 4.87. The molecule has 1 amide bonds. The third-order valence-electron chi connectivity index (χ3n) is 2.88. The van der Waals surface area contributed by atoms with Crippen molar-refractivity contribution in [2.24, 2.45) is 5.92 Å². The summed E-state index contributed by atoms with van der Waals surface area (Å²) in [7, 11) is 0. The van der Waals surface area contributed by atoms with Crippen molar-refractivity contribution in [1.82, 2.24) is 19.9 Å². The number of hydrogen-bond donors (Lipinski definition) is 1. The summed E-state index contributed by atoms with van der Waals surface area (Å²) in [5, 5.41) is 2.92. The molecule has 0 fully saturated rings. The highest BCUT2D eigenvalue weighted by Gasteiger charge is 2.07. The second-order valence-electron chi connectivity index (χ2n) is 5.11. The fourth-order valence-corrected chi connectivity index (χ4v) is 1.98. The fourth-order valence-electron chi connectivity index (χ4n) is 1.98. The Balaban J connectivity index is 1.92. The molecule has 0 saturated carbocycles. The lowest BCUT2D eigenvalue weighted by atomic mass is 10.1. The summed E-state index contributed by atoms with van der Waals surface area (Å²) in [5.41, 5.74) is 0.839. The van der Waals surface area contributed by atoms with E-state index in [1.807, 2.05) is 42.8 Å². The molecule has 0 aromatic carbocycles. The summed E-state index contributed by atoms with van der Waals surface area (Å²) in [6.07, 6.45) is 5.97. The molecule has 106 valence electrons. The van der Waals surface area contributed by atoms with Crippen molar-refractivity contribution in [2.45, 2.75) is 26.8 Å². The zero-order valence-corrected chi connectivity index (χ0v) is 11.9. The maximum absolute atomic E-state index is 11.6. The third-order valence-corrected chi connectivity index (χ3v) is 2.88. The first-order valence-electron chi connectivity index (χ1n) is 6.86. The van der Waals surface area contributed by atoms with Gasteiger partial charge in [0.1, 0.15) is 5.69 Å². The summed E-state index contributed by atoms with van der Waals surface area (Å²) >= 11 is 0. The highest BCUT2D eigenvalue weighted by molar-refractivity contribution is 5.75. The van der Waals surface area contributed by atoms with Crippen molar-refractivity contribution >= 4 is 5.91 Å². The van der Waals surface area contributed by atoms with Crippen LogP contribution in [0.25, 0.3) is 11.5 Å². The van der Waals surface area contributed by atoms with Gasteiger partial charge in [-0.15, -0.1) is 0 Å². The number of amides is 1. The molecule has 2 aromatic rings. The second kappa shape index (κ2) is 6.84. The molecule has 0 aliphatic carbocycles. The quantitative estimate of drug-likeness (QED) is 0.876. The van der Waals surface area contributed by atoms with E-state index in [0.29, 0.717) is 25.4 Å². The second-order valence-corrected chi connectivity index (χ2v) is 5.11. The summed E-state index contributed by atoms with van der Waals surface area (Å²) < 4.78 is 2.00. The van der Waals surface area contributed by atoms with Crippen LogP contribution in [0.15, 0.2) is 36.8 Å². The van der Waals surface area contributed by atoms with Crippen LogP contribution in [0.3, 0.4) is 0 Å². The molecule has 5 nitrogen and oxygen atoms in total. The summed E-state index contributed by atoms with van der Waals surface area (Å²) in [6, 6.07) is 5.74. The van der Waals surface area contributed by atoms with Crippen molar-refractivity contribution in [3.05, 3.63) is 36.8 Å². The zero-order chi connectivity index (χ0) is 14.4. The Morgan fingerprint density at radius 1 is 1.30 bits per heavy atom. The van der Waals surface area contributed by atoms with Gasteiger partial charge in [0.05, 0.1) is 0 Å². The smallest absolute Gasteiger partial charge is 0.220 e. The molecule has 0 radical (unpaired) electrons. The molecule has 0 saturated heterocycles. The maximum atomic E-state index is 11.6. The van der Waals surface area contributed by atoms with E-state index < -0.39 is 0 Å². The molecule has 2 heterocycles. The highest BCUT2D eigenvalue weighted by atomic mass is 16.1. The number of imidazole rings is 1. The van der Waals surface area contributed by atoms with Crippen molar-refractivity contribution in [3.63, 3.8) is 0 Å². The van der Waals surface area contributed by atoms with Gasteiger partial charge in [-0.05, 0) is 18.1 Å². The van der Waals surface area contributed by atoms with Gasteiger partial charge in [0.2, 0.25) is 5.91 Å². The topological polar surface area (TPSA) is 59.8 Å². The molecular formula is C15H20N4O. The predicted octanol–water partition coefficient (Wildman–Crippen LogP) is 2.11. The third kappa shape index (κ3) is 3.91. The van der Waals surface area contributed by atoms with E-state index in [-0.39, 0.29) is 5.91 Å². The van der Waals surface area contributed by atoms with E-state index in [9.17, 15) is 4.79 Å². The Morgan fingerprint density at radius 2 is 2.15 bits per heavy atom. The van der Waals surface area contributed by atoms with Gasteiger partial charge in [0.15, 0.2) is 5.82 Å². The van der Waals surface area contributed by atoms with Crippen LogP contribution in [0.1, 0.15) is 20.3 Å². The van der Waals surface area contributed by atoms with Crippen LogP contribution in [0.2, 0.25) is 0 Å². The van der Waals surface area contributed by atoms with Crippen LogP contribution in [0.4, 0.5) is 0 Å². The predicted molar refractivity (Wildman–Crippen MR) is 77.9 cm³/mol. The van der Waals surface area contributed by atoms with Crippen LogP contribution < -0.4 is 5.32 Å². The standard InChI is InChI=1S/C15H20N4O/c1-12(2)11-14(20)17-7-9-19-10-8-18-15(19)13-5-3-4-6-16-13/h3-6,8,10,12H,7,9,11H2,1-2H3,(H,17,20). The van der Waals surface area contributed by atoms with Crippen molar-refractivity contribution in [1.29, 1.82) is 0 Å². The summed E-state index contributed by atoms with van der Waals surface area (Å²) in [5.74, 6) is 1.30. The fraction of sp³-hybridized carbons (Fsp3) is 0.400. The summed E-state index contributed by atoms with van der Waals surface area (Å²) in [6.45, 7) is 5.36. The van der Waals surface area contributed by atoms with Crippen LogP contribution in [-0.2, 0) is 11.3 Å². The van der Waals surface area contributed by atoms with E-state index in [1.54, 1.807) is 12.4 Å². The van der Waals surface area contributed by atoms with Gasteiger partial charge in [0, 0.05) is 38.1 Å². The van der Waals surface area contributed by atoms with Gasteiger partial charge in [-0.3, -0.25) is 9.78 Å². The lowest BCUT2D eigenvalue weighted by Crippen LogP contribution is -2.28. The average Bonchev–Trinajstić information content (AvgIpc) is 2.87. The molecule has 20 heavy (non-hydrogen) atoms. The van der Waals surface area contributed by atoms with E-state index in [0.717, 1.165) is 11.5 Å². The Labute approximate surface area is 119 Å². The van der Waals surface area contributed by atoms with Crippen molar-refractivity contribution < 1.29 is 4.79 Å². The van der Waals surface area contributed by atoms with Gasteiger partial charge < -0.3 is 9.88 Å². The van der Waals surface area contributed by atoms with Crippen LogP contribution in [-0.4, -0.2) is 27.0 Å². The van der Waals surface area contributed by atoms with Crippen molar-refractivity contribution in [2.75, 3.05) is 6.54 Å². The number of aromatic nitrogens is 3. The van der Waals surface area contributed by atoms with Gasteiger partial charge in [0.25, 0.3) is 0 Å². The number of rotatable bonds is 6. The monoisotopic (exact) mass is 272 g/mol. The normalized spacial score (nSPS) is 10.8. The van der Waals surface area contributed by atoms with Gasteiger partial charge in [-0.2, -0.15) is 0 Å². The number of carbonyl (C=O) groups excluding carboxylic acids is 1. The number of carbonyl (C=O) groups is 1. The van der Waals surface area contributed by atoms with Gasteiger partial charge >= 0.3 is 0 Å². The summed E-state index contributed by atoms with van der Waals surface area (Å²) in [4.78, 5) is 20.2. The van der Waals surface area contributed by atoms with Crippen LogP contribution in [0.5, 0.6) is 0 Å². The van der Waals surface area contributed by atoms with E-state index in [1.165, 1.54) is 0 Å². The molecule has 2 aromatic heterocycles. The van der Waals surface area contributed by atoms with Crippen LogP contribution in [0, 0.1) is 5.92 Å². The minimum Gasteiger partial charge on any atom is -0.354 e. The molecule has 1 N–H and O–H groups in total. The molecule has 0 bridgehead atoms. The average molecular weight is 272 g/mol. The van der Waals surface area contributed by atoms with E-state index in [4.69, 9.17) is 0 Å². The Hall–Kier alpha value is -2.17. The first-order chi connectivity index (χ1) is 9.66. The largest absolute Gasteiger partial charge is 0.354 e. The molecule has 0 spiro atoms. The zero-order valence-electron chi connectivity index (χ0n) is 11.9. The minimum absolute atomic E-state index is 0.0968. The number of pyridine rings is 1. The highest BCUT2D eigenvalue weighted by Crippen LogP contribution is 2.13.